The Morgan fingerprint density at radius 2 is 1.76 bits per heavy atom. The lowest BCUT2D eigenvalue weighted by Crippen LogP contribution is -2.53. The van der Waals surface area contributed by atoms with Crippen molar-refractivity contribution >= 4 is 33.4 Å². The number of sulfonamides is 1. The van der Waals surface area contributed by atoms with Gasteiger partial charge in [-0.1, -0.05) is 23.7 Å². The normalized spacial score (nSPS) is 21.3. The van der Waals surface area contributed by atoms with Crippen LogP contribution in [0.25, 0.3) is 0 Å². The maximum Gasteiger partial charge on any atom is 0.244 e. The Labute approximate surface area is 177 Å². The average molecular weight is 443 g/mol. The number of rotatable bonds is 5. The molecule has 29 heavy (non-hydrogen) atoms. The molecule has 3 rings (SSSR count). The third-order valence-electron chi connectivity index (χ3n) is 5.47. The second-order valence-electron chi connectivity index (χ2n) is 7.58. The molecule has 2 heterocycles. The first-order chi connectivity index (χ1) is 13.7. The van der Waals surface area contributed by atoms with Gasteiger partial charge in [0.05, 0.1) is 17.6 Å². The van der Waals surface area contributed by atoms with Crippen molar-refractivity contribution in [2.75, 3.05) is 53.4 Å². The van der Waals surface area contributed by atoms with Crippen LogP contribution >= 0.6 is 11.6 Å². The molecule has 0 saturated carbocycles. The summed E-state index contributed by atoms with van der Waals surface area (Å²) in [6.07, 6.45) is 1.65. The molecule has 0 bridgehead atoms. The average Bonchev–Trinajstić information content (AvgIpc) is 3.15. The highest BCUT2D eigenvalue weighted by Crippen LogP contribution is 2.25. The summed E-state index contributed by atoms with van der Waals surface area (Å²) < 4.78 is 27.0. The molecule has 2 saturated heterocycles. The van der Waals surface area contributed by atoms with Crippen LogP contribution in [0.4, 0.5) is 0 Å². The number of piperazine rings is 1. The molecule has 10 heteroatoms. The third kappa shape index (κ3) is 4.74. The van der Waals surface area contributed by atoms with Crippen LogP contribution in [0.2, 0.25) is 5.02 Å². The molecule has 2 aliphatic rings. The van der Waals surface area contributed by atoms with Gasteiger partial charge < -0.3 is 9.80 Å². The molecule has 2 amide bonds. The number of likely N-dealkylation sites (N-methyl/N-ethyl adjacent to an activating group) is 1. The van der Waals surface area contributed by atoms with Gasteiger partial charge in [0.2, 0.25) is 21.8 Å². The highest BCUT2D eigenvalue weighted by atomic mass is 35.5. The second kappa shape index (κ2) is 8.99. The minimum absolute atomic E-state index is 0.0194. The van der Waals surface area contributed by atoms with E-state index in [-0.39, 0.29) is 47.4 Å². The number of nitrogens with zero attached hydrogens (tertiary/aromatic N) is 4. The van der Waals surface area contributed by atoms with E-state index in [1.54, 1.807) is 42.1 Å². The van der Waals surface area contributed by atoms with Crippen LogP contribution < -0.4 is 0 Å². The van der Waals surface area contributed by atoms with Crippen molar-refractivity contribution in [1.82, 2.24) is 19.0 Å². The number of benzene rings is 1. The van der Waals surface area contributed by atoms with Gasteiger partial charge in [-0.15, -0.1) is 0 Å². The molecule has 1 aromatic rings. The van der Waals surface area contributed by atoms with Crippen molar-refractivity contribution in [1.29, 1.82) is 0 Å². The van der Waals surface area contributed by atoms with Crippen LogP contribution in [-0.4, -0.2) is 98.6 Å². The summed E-state index contributed by atoms with van der Waals surface area (Å²) in [6.45, 7) is 1.99. The van der Waals surface area contributed by atoms with Crippen LogP contribution in [0.1, 0.15) is 12.8 Å². The first kappa shape index (κ1) is 22.0. The van der Waals surface area contributed by atoms with E-state index in [1.807, 2.05) is 4.90 Å². The monoisotopic (exact) mass is 442 g/mol. The van der Waals surface area contributed by atoms with E-state index in [4.69, 9.17) is 11.6 Å². The molecular weight excluding hydrogens is 416 g/mol. The summed E-state index contributed by atoms with van der Waals surface area (Å²) >= 11 is 6.06. The van der Waals surface area contributed by atoms with Crippen LogP contribution in [0.15, 0.2) is 29.2 Å². The Bertz CT molecular complexity index is 869. The van der Waals surface area contributed by atoms with Crippen molar-refractivity contribution < 1.29 is 18.0 Å². The number of carbonyl (C=O) groups excluding carboxylic acids is 2. The van der Waals surface area contributed by atoms with Gasteiger partial charge in [0, 0.05) is 40.3 Å². The van der Waals surface area contributed by atoms with Gasteiger partial charge in [-0.3, -0.25) is 14.5 Å². The predicted octanol–water partition coefficient (Wildman–Crippen LogP) is 0.726. The van der Waals surface area contributed by atoms with Crippen molar-refractivity contribution in [3.63, 3.8) is 0 Å². The fourth-order valence-electron chi connectivity index (χ4n) is 3.84. The summed E-state index contributed by atoms with van der Waals surface area (Å²) in [5.41, 5.74) is 0. The summed E-state index contributed by atoms with van der Waals surface area (Å²) in [4.78, 5) is 30.3. The Balaban J connectivity index is 1.59. The molecule has 1 aromatic carbocycles. The molecule has 2 aliphatic heterocycles. The quantitative estimate of drug-likeness (QED) is 0.671. The molecule has 0 aromatic heterocycles. The van der Waals surface area contributed by atoms with Gasteiger partial charge in [0.1, 0.15) is 4.90 Å². The van der Waals surface area contributed by atoms with Gasteiger partial charge in [-0.25, -0.2) is 8.42 Å². The third-order valence-corrected chi connectivity index (χ3v) is 7.87. The second-order valence-corrected chi connectivity index (χ2v) is 9.89. The number of halogens is 1. The molecule has 0 aliphatic carbocycles. The van der Waals surface area contributed by atoms with E-state index in [0.717, 1.165) is 19.4 Å². The fourth-order valence-corrected chi connectivity index (χ4v) is 5.75. The number of amides is 2. The van der Waals surface area contributed by atoms with E-state index >= 15 is 0 Å². The number of likely N-dealkylation sites (tertiary alicyclic amines) is 1. The van der Waals surface area contributed by atoms with E-state index in [1.165, 1.54) is 10.4 Å². The minimum atomic E-state index is -3.69. The summed E-state index contributed by atoms with van der Waals surface area (Å²) in [6, 6.07) is 6.11. The lowest BCUT2D eigenvalue weighted by atomic mass is 10.2. The summed E-state index contributed by atoms with van der Waals surface area (Å²) in [5.74, 6) is -0.0517. The lowest BCUT2D eigenvalue weighted by molar-refractivity contribution is -0.137. The summed E-state index contributed by atoms with van der Waals surface area (Å²) in [7, 11) is -0.248. The smallest absolute Gasteiger partial charge is 0.244 e. The van der Waals surface area contributed by atoms with Crippen LogP contribution in [0.3, 0.4) is 0 Å². The van der Waals surface area contributed by atoms with Crippen molar-refractivity contribution in [3.05, 3.63) is 29.3 Å². The van der Waals surface area contributed by atoms with Crippen molar-refractivity contribution in [3.8, 4) is 0 Å². The maximum atomic E-state index is 12.8. The zero-order valence-corrected chi connectivity index (χ0v) is 18.3. The van der Waals surface area contributed by atoms with Gasteiger partial charge in [-0.05, 0) is 31.5 Å². The Morgan fingerprint density at radius 3 is 2.38 bits per heavy atom. The predicted molar refractivity (Wildman–Crippen MR) is 110 cm³/mol. The summed E-state index contributed by atoms with van der Waals surface area (Å²) in [5, 5.41) is 0.191. The Morgan fingerprint density at radius 1 is 1.10 bits per heavy atom. The molecule has 1 atom stereocenters. The van der Waals surface area contributed by atoms with Crippen LogP contribution in [-0.2, 0) is 19.6 Å². The molecule has 160 valence electrons. The van der Waals surface area contributed by atoms with Gasteiger partial charge >= 0.3 is 0 Å². The highest BCUT2D eigenvalue weighted by Gasteiger charge is 2.35. The topological polar surface area (TPSA) is 81.2 Å². The first-order valence-electron chi connectivity index (χ1n) is 9.69. The number of carbonyl (C=O) groups is 2. The first-order valence-corrected chi connectivity index (χ1v) is 11.5. The molecule has 2 fully saturated rings. The SMILES string of the molecule is CN(C)C(=O)C1CCCN1CC(=O)N1CCN(S(=O)(=O)c2ccccc2Cl)CC1. The molecule has 0 N–H and O–H groups in total. The Hall–Kier alpha value is -1.68. The molecule has 0 spiro atoms. The minimum Gasteiger partial charge on any atom is -0.347 e. The highest BCUT2D eigenvalue weighted by molar-refractivity contribution is 7.89. The van der Waals surface area contributed by atoms with Gasteiger partial charge in [0.25, 0.3) is 0 Å². The van der Waals surface area contributed by atoms with Crippen molar-refractivity contribution in [2.45, 2.75) is 23.8 Å². The van der Waals surface area contributed by atoms with E-state index in [9.17, 15) is 18.0 Å². The maximum absolute atomic E-state index is 12.8. The van der Waals surface area contributed by atoms with E-state index in [0.29, 0.717) is 13.1 Å². The van der Waals surface area contributed by atoms with Gasteiger partial charge in [-0.2, -0.15) is 4.31 Å². The molecule has 0 radical (unpaired) electrons. The Kier molecular flexibility index (Phi) is 6.83. The van der Waals surface area contributed by atoms with Gasteiger partial charge in [0.15, 0.2) is 0 Å². The van der Waals surface area contributed by atoms with Crippen LogP contribution in [0.5, 0.6) is 0 Å². The molecule has 1 unspecified atom stereocenters. The zero-order valence-electron chi connectivity index (χ0n) is 16.8. The molecular formula is C19H27ClN4O4S. The van der Waals surface area contributed by atoms with Crippen LogP contribution in [0, 0.1) is 0 Å². The fraction of sp³-hybridized carbons (Fsp3) is 0.579. The number of hydrogen-bond acceptors (Lipinski definition) is 5. The number of hydrogen-bond donors (Lipinski definition) is 0. The van der Waals surface area contributed by atoms with Crippen molar-refractivity contribution in [2.24, 2.45) is 0 Å². The zero-order chi connectivity index (χ0) is 21.2. The standard InChI is InChI=1S/C19H27ClN4O4S/c1-21(2)19(26)16-7-5-9-23(16)14-18(25)22-10-12-24(13-11-22)29(27,28)17-8-4-3-6-15(17)20/h3-4,6,8,16H,5,7,9-14H2,1-2H3. The lowest BCUT2D eigenvalue weighted by Gasteiger charge is -2.35. The largest absolute Gasteiger partial charge is 0.347 e. The molecule has 8 nitrogen and oxygen atoms in total. The van der Waals surface area contributed by atoms with E-state index in [2.05, 4.69) is 0 Å². The van der Waals surface area contributed by atoms with E-state index < -0.39 is 10.0 Å².